The molecule has 42 heavy (non-hydrogen) atoms. The van der Waals surface area contributed by atoms with Crippen molar-refractivity contribution < 1.29 is 19.4 Å². The van der Waals surface area contributed by atoms with Crippen LogP contribution in [0.15, 0.2) is 72.1 Å². The minimum atomic E-state index is -0.600. The van der Waals surface area contributed by atoms with Crippen LogP contribution in [0.5, 0.6) is 0 Å². The zero-order chi connectivity index (χ0) is 28.5. The molecule has 1 saturated heterocycles. The average molecular weight is 587 g/mol. The van der Waals surface area contributed by atoms with Crippen molar-refractivity contribution in [2.24, 2.45) is 17.8 Å². The molecule has 3 N–H and O–H groups in total. The SMILES string of the molecule is O=C(Nc1cccc(C2OC(CSc3ncccn3)CC(c3ccc(CO)cc3)O2)c1)NC12CC3CC(CC(C3)C1)C2. The van der Waals surface area contributed by atoms with Crippen LogP contribution in [0.2, 0.25) is 0 Å². The second kappa shape index (κ2) is 12.0. The van der Waals surface area contributed by atoms with Crippen LogP contribution in [0.1, 0.15) is 74.0 Å². The Bertz CT molecular complexity index is 1350. The van der Waals surface area contributed by atoms with Crippen LogP contribution in [0, 0.1) is 17.8 Å². The number of ether oxygens (including phenoxy) is 2. The third-order valence-electron chi connectivity index (χ3n) is 9.39. The number of hydrogen-bond donors (Lipinski definition) is 3. The predicted molar refractivity (Wildman–Crippen MR) is 161 cm³/mol. The van der Waals surface area contributed by atoms with E-state index >= 15 is 0 Å². The Morgan fingerprint density at radius 3 is 2.31 bits per heavy atom. The highest BCUT2D eigenvalue weighted by Gasteiger charge is 2.51. The number of carbonyl (C=O) groups is 1. The summed E-state index contributed by atoms with van der Waals surface area (Å²) < 4.78 is 13.0. The quantitative estimate of drug-likeness (QED) is 0.207. The Morgan fingerprint density at radius 1 is 0.905 bits per heavy atom. The van der Waals surface area contributed by atoms with Crippen molar-refractivity contribution in [1.29, 1.82) is 0 Å². The second-order valence-corrected chi connectivity index (χ2v) is 13.6. The summed E-state index contributed by atoms with van der Waals surface area (Å²) in [6, 6.07) is 17.3. The predicted octanol–water partition coefficient (Wildman–Crippen LogP) is 6.40. The van der Waals surface area contributed by atoms with Gasteiger partial charge in [0.1, 0.15) is 0 Å². The summed E-state index contributed by atoms with van der Waals surface area (Å²) >= 11 is 1.56. The van der Waals surface area contributed by atoms with Gasteiger partial charge in [-0.1, -0.05) is 48.2 Å². The molecule has 1 aromatic heterocycles. The summed E-state index contributed by atoms with van der Waals surface area (Å²) in [5.41, 5.74) is 3.43. The van der Waals surface area contributed by atoms with E-state index in [0.29, 0.717) is 17.3 Å². The van der Waals surface area contributed by atoms with Gasteiger partial charge in [0.25, 0.3) is 0 Å². The molecule has 3 atom stereocenters. The molecule has 0 radical (unpaired) electrons. The molecule has 8 nitrogen and oxygen atoms in total. The van der Waals surface area contributed by atoms with Crippen molar-refractivity contribution in [3.05, 3.63) is 83.7 Å². The average Bonchev–Trinajstić information content (AvgIpc) is 2.99. The lowest BCUT2D eigenvalue weighted by Crippen LogP contribution is -2.60. The molecule has 5 fully saturated rings. The molecule has 4 aliphatic carbocycles. The fourth-order valence-corrected chi connectivity index (χ4v) is 8.80. The van der Waals surface area contributed by atoms with Crippen molar-refractivity contribution >= 4 is 23.5 Å². The number of nitrogens with one attached hydrogen (secondary N) is 2. The lowest BCUT2D eigenvalue weighted by molar-refractivity contribution is -0.245. The number of aromatic nitrogens is 2. The van der Waals surface area contributed by atoms with Gasteiger partial charge in [-0.3, -0.25) is 0 Å². The maximum absolute atomic E-state index is 13.2. The fraction of sp³-hybridized carbons (Fsp3) is 0.485. The molecule has 2 amide bonds. The second-order valence-electron chi connectivity index (χ2n) is 12.6. The van der Waals surface area contributed by atoms with E-state index in [1.165, 1.54) is 19.3 Å². The van der Waals surface area contributed by atoms with Crippen molar-refractivity contribution in [2.45, 2.75) is 80.7 Å². The van der Waals surface area contributed by atoms with Crippen LogP contribution >= 0.6 is 11.8 Å². The zero-order valence-electron chi connectivity index (χ0n) is 23.7. The van der Waals surface area contributed by atoms with Crippen LogP contribution in [-0.2, 0) is 16.1 Å². The summed E-state index contributed by atoms with van der Waals surface area (Å²) in [4.78, 5) is 21.9. The van der Waals surface area contributed by atoms with Crippen LogP contribution in [0.4, 0.5) is 10.5 Å². The third-order valence-corrected chi connectivity index (χ3v) is 10.4. The van der Waals surface area contributed by atoms with Gasteiger partial charge in [-0.05, 0) is 85.6 Å². The molecule has 1 aliphatic heterocycles. The van der Waals surface area contributed by atoms with Gasteiger partial charge >= 0.3 is 6.03 Å². The molecule has 3 unspecified atom stereocenters. The molecular formula is C33H38N4O4S. The number of aliphatic hydroxyl groups is 1. The first-order valence-electron chi connectivity index (χ1n) is 15.1. The van der Waals surface area contributed by atoms with E-state index in [0.717, 1.165) is 59.4 Å². The normalized spacial score (nSPS) is 31.5. The van der Waals surface area contributed by atoms with E-state index in [9.17, 15) is 9.90 Å². The Hall–Kier alpha value is -2.98. The summed E-state index contributed by atoms with van der Waals surface area (Å²) in [5.74, 6) is 2.99. The van der Waals surface area contributed by atoms with Gasteiger partial charge < -0.3 is 25.2 Å². The molecular weight excluding hydrogens is 548 g/mol. The highest BCUT2D eigenvalue weighted by Crippen LogP contribution is 2.55. The Labute approximate surface area is 251 Å². The minimum Gasteiger partial charge on any atom is -0.392 e. The molecule has 5 aliphatic rings. The molecule has 9 heteroatoms. The first-order chi connectivity index (χ1) is 20.5. The van der Waals surface area contributed by atoms with Crippen molar-refractivity contribution in [3.8, 4) is 0 Å². The van der Waals surface area contributed by atoms with E-state index in [2.05, 4.69) is 20.6 Å². The number of benzene rings is 2. The van der Waals surface area contributed by atoms with E-state index in [1.807, 2.05) is 54.6 Å². The number of aliphatic hydroxyl groups excluding tert-OH is 1. The molecule has 0 spiro atoms. The Balaban J connectivity index is 1.05. The van der Waals surface area contributed by atoms with Crippen LogP contribution in [-0.4, -0.2) is 38.5 Å². The summed E-state index contributed by atoms with van der Waals surface area (Å²) in [6.45, 7) is 0.00408. The monoisotopic (exact) mass is 586 g/mol. The van der Waals surface area contributed by atoms with E-state index in [-0.39, 0.29) is 30.4 Å². The molecule has 4 saturated carbocycles. The van der Waals surface area contributed by atoms with Gasteiger partial charge in [0.2, 0.25) is 0 Å². The molecule has 8 rings (SSSR count). The lowest BCUT2D eigenvalue weighted by atomic mass is 9.53. The number of urea groups is 1. The summed E-state index contributed by atoms with van der Waals surface area (Å²) in [6.07, 6.45) is 10.7. The Morgan fingerprint density at radius 2 is 1.62 bits per heavy atom. The van der Waals surface area contributed by atoms with Gasteiger partial charge in [-0.25, -0.2) is 14.8 Å². The van der Waals surface area contributed by atoms with E-state index in [1.54, 1.807) is 24.2 Å². The van der Waals surface area contributed by atoms with Crippen molar-refractivity contribution in [3.63, 3.8) is 0 Å². The maximum Gasteiger partial charge on any atom is 0.319 e. The third kappa shape index (κ3) is 6.20. The smallest absolute Gasteiger partial charge is 0.319 e. The number of anilines is 1. The number of rotatable bonds is 8. The molecule has 220 valence electrons. The highest BCUT2D eigenvalue weighted by molar-refractivity contribution is 7.99. The van der Waals surface area contributed by atoms with E-state index < -0.39 is 6.29 Å². The largest absolute Gasteiger partial charge is 0.392 e. The lowest BCUT2D eigenvalue weighted by Gasteiger charge is -2.56. The fourth-order valence-electron chi connectivity index (χ4n) is 7.98. The molecule has 4 bridgehead atoms. The van der Waals surface area contributed by atoms with Gasteiger partial charge in [0.05, 0.1) is 18.8 Å². The zero-order valence-corrected chi connectivity index (χ0v) is 24.5. The van der Waals surface area contributed by atoms with E-state index in [4.69, 9.17) is 9.47 Å². The summed E-state index contributed by atoms with van der Waals surface area (Å²) in [7, 11) is 0. The van der Waals surface area contributed by atoms with Crippen molar-refractivity contribution in [2.75, 3.05) is 11.1 Å². The van der Waals surface area contributed by atoms with Crippen LogP contribution in [0.3, 0.4) is 0 Å². The Kier molecular flexibility index (Phi) is 7.92. The van der Waals surface area contributed by atoms with Gasteiger partial charge in [0.15, 0.2) is 11.4 Å². The number of amides is 2. The topological polar surface area (TPSA) is 106 Å². The van der Waals surface area contributed by atoms with Gasteiger partial charge in [0, 0.05) is 41.4 Å². The molecule has 2 heterocycles. The number of carbonyl (C=O) groups excluding carboxylic acids is 1. The van der Waals surface area contributed by atoms with Crippen LogP contribution in [0.25, 0.3) is 0 Å². The van der Waals surface area contributed by atoms with Crippen molar-refractivity contribution in [1.82, 2.24) is 15.3 Å². The minimum absolute atomic E-state index is 0.00408. The summed E-state index contributed by atoms with van der Waals surface area (Å²) in [5, 5.41) is 16.7. The number of nitrogens with zero attached hydrogens (tertiary/aromatic N) is 2. The maximum atomic E-state index is 13.2. The number of hydrogen-bond acceptors (Lipinski definition) is 7. The molecule has 3 aromatic rings. The number of thioether (sulfide) groups is 1. The first-order valence-corrected chi connectivity index (χ1v) is 16.1. The van der Waals surface area contributed by atoms with Crippen LogP contribution < -0.4 is 10.6 Å². The van der Waals surface area contributed by atoms with Gasteiger partial charge in [-0.2, -0.15) is 0 Å². The standard InChI is InChI=1S/C33H38N4O4S/c38-19-21-5-7-25(8-6-21)29-15-28(20-42-32-34-9-2-10-35-32)40-30(41-29)26-3-1-4-27(14-26)36-31(39)37-33-16-22-11-23(17-33)13-24(12-22)18-33/h1-10,14,22-24,28-30,38H,11-13,15-20H2,(H2,36,37,39). The highest BCUT2D eigenvalue weighted by atomic mass is 32.2. The molecule has 2 aromatic carbocycles. The van der Waals surface area contributed by atoms with Gasteiger partial charge in [-0.15, -0.1) is 0 Å². The first kappa shape index (κ1) is 27.8.